The van der Waals surface area contributed by atoms with Crippen molar-refractivity contribution in [2.75, 3.05) is 30.4 Å². The summed E-state index contributed by atoms with van der Waals surface area (Å²) < 4.78 is 5.40. The molecule has 1 fully saturated rings. The van der Waals surface area contributed by atoms with E-state index >= 15 is 0 Å². The van der Waals surface area contributed by atoms with Crippen LogP contribution in [0.2, 0.25) is 0 Å². The molecule has 1 heterocycles. The summed E-state index contributed by atoms with van der Waals surface area (Å²) in [6.07, 6.45) is 8.48. The highest BCUT2D eigenvalue weighted by Gasteiger charge is 2.22. The number of hydrogen-bond donors (Lipinski definition) is 1. The van der Waals surface area contributed by atoms with Gasteiger partial charge in [-0.2, -0.15) is 0 Å². The first-order valence-corrected chi connectivity index (χ1v) is 8.10. The molecule has 22 heavy (non-hydrogen) atoms. The number of carbonyl (C=O) groups excluding carboxylic acids is 1. The number of amides is 1. The Balaban J connectivity index is 1.57. The fraction of sp³-hybridized carbons (Fsp3) is 0.500. The molecule has 1 aromatic carbocycles. The summed E-state index contributed by atoms with van der Waals surface area (Å²) >= 11 is 0. The van der Waals surface area contributed by atoms with Crippen molar-refractivity contribution in [3.05, 3.63) is 36.4 Å². The van der Waals surface area contributed by atoms with Crippen LogP contribution >= 0.6 is 0 Å². The highest BCUT2D eigenvalue weighted by Crippen LogP contribution is 2.24. The molecule has 1 aromatic rings. The van der Waals surface area contributed by atoms with Gasteiger partial charge in [0.15, 0.2) is 0 Å². The predicted molar refractivity (Wildman–Crippen MR) is 89.2 cm³/mol. The van der Waals surface area contributed by atoms with E-state index in [-0.39, 0.29) is 11.8 Å². The highest BCUT2D eigenvalue weighted by molar-refractivity contribution is 5.92. The van der Waals surface area contributed by atoms with E-state index < -0.39 is 0 Å². The van der Waals surface area contributed by atoms with Gasteiger partial charge in [0.1, 0.15) is 0 Å². The van der Waals surface area contributed by atoms with Crippen molar-refractivity contribution in [3.8, 4) is 0 Å². The average molecular weight is 300 g/mol. The summed E-state index contributed by atoms with van der Waals surface area (Å²) in [4.78, 5) is 14.5. The van der Waals surface area contributed by atoms with Crippen molar-refractivity contribution in [2.24, 2.45) is 5.92 Å². The van der Waals surface area contributed by atoms with Gasteiger partial charge in [-0.3, -0.25) is 4.79 Å². The van der Waals surface area contributed by atoms with Gasteiger partial charge in [0.25, 0.3) is 0 Å². The van der Waals surface area contributed by atoms with E-state index in [9.17, 15) is 4.79 Å². The fourth-order valence-corrected chi connectivity index (χ4v) is 3.19. The van der Waals surface area contributed by atoms with Crippen LogP contribution in [-0.4, -0.2) is 32.2 Å². The van der Waals surface area contributed by atoms with Crippen molar-refractivity contribution in [2.45, 2.75) is 31.8 Å². The van der Waals surface area contributed by atoms with Crippen molar-refractivity contribution in [3.63, 3.8) is 0 Å². The largest absolute Gasteiger partial charge is 0.380 e. The maximum absolute atomic E-state index is 12.2. The molecule has 1 amide bonds. The molecule has 1 aliphatic carbocycles. The summed E-state index contributed by atoms with van der Waals surface area (Å²) in [7, 11) is 1.77. The Kier molecular flexibility index (Phi) is 4.78. The predicted octanol–water partition coefficient (Wildman–Crippen LogP) is 3.21. The Labute approximate surface area is 132 Å². The smallest absolute Gasteiger partial charge is 0.227 e. The average Bonchev–Trinajstić information content (AvgIpc) is 3.05. The normalized spacial score (nSPS) is 24.5. The Morgan fingerprint density at radius 3 is 2.68 bits per heavy atom. The molecular weight excluding hydrogens is 276 g/mol. The lowest BCUT2D eigenvalue weighted by molar-refractivity contribution is -0.120. The van der Waals surface area contributed by atoms with Crippen molar-refractivity contribution < 1.29 is 9.53 Å². The van der Waals surface area contributed by atoms with Crippen LogP contribution in [0.4, 0.5) is 11.4 Å². The number of methoxy groups -OCH3 is 1. The third kappa shape index (κ3) is 3.50. The molecule has 4 nitrogen and oxygen atoms in total. The van der Waals surface area contributed by atoms with Crippen molar-refractivity contribution in [1.29, 1.82) is 0 Å². The maximum atomic E-state index is 12.2. The number of nitrogens with zero attached hydrogens (tertiary/aromatic N) is 1. The molecule has 0 spiro atoms. The summed E-state index contributed by atoms with van der Waals surface area (Å²) in [5.74, 6) is 0.253. The van der Waals surface area contributed by atoms with Crippen molar-refractivity contribution in [1.82, 2.24) is 0 Å². The number of nitrogens with one attached hydrogen (secondary N) is 1. The van der Waals surface area contributed by atoms with Gasteiger partial charge in [0, 0.05) is 37.5 Å². The molecule has 0 saturated carbocycles. The van der Waals surface area contributed by atoms with Gasteiger partial charge in [-0.05, 0) is 49.9 Å². The van der Waals surface area contributed by atoms with E-state index in [1.807, 2.05) is 12.1 Å². The van der Waals surface area contributed by atoms with Gasteiger partial charge in [0.2, 0.25) is 5.91 Å². The SMILES string of the molecule is CO[C@@H]1CCN(c2ccc(NC(=O)[C@H]3CC=CCC3)cc2)C1. The van der Waals surface area contributed by atoms with E-state index in [2.05, 4.69) is 34.5 Å². The van der Waals surface area contributed by atoms with Crippen LogP contribution in [-0.2, 0) is 9.53 Å². The quantitative estimate of drug-likeness (QED) is 0.868. The minimum Gasteiger partial charge on any atom is -0.380 e. The number of ether oxygens (including phenoxy) is 1. The monoisotopic (exact) mass is 300 g/mol. The van der Waals surface area contributed by atoms with Gasteiger partial charge >= 0.3 is 0 Å². The molecule has 2 atom stereocenters. The molecule has 118 valence electrons. The van der Waals surface area contributed by atoms with Crippen LogP contribution in [0.25, 0.3) is 0 Å². The number of carbonyl (C=O) groups is 1. The van der Waals surface area contributed by atoms with E-state index in [1.54, 1.807) is 7.11 Å². The second-order valence-electron chi connectivity index (χ2n) is 6.11. The summed E-state index contributed by atoms with van der Waals surface area (Å²) in [6.45, 7) is 1.97. The summed E-state index contributed by atoms with van der Waals surface area (Å²) in [5, 5.41) is 3.03. The van der Waals surface area contributed by atoms with E-state index in [4.69, 9.17) is 4.74 Å². The molecule has 1 aliphatic heterocycles. The molecule has 3 rings (SSSR count). The van der Waals surface area contributed by atoms with Gasteiger partial charge in [-0.25, -0.2) is 0 Å². The maximum Gasteiger partial charge on any atom is 0.227 e. The van der Waals surface area contributed by atoms with Gasteiger partial charge in [-0.15, -0.1) is 0 Å². The van der Waals surface area contributed by atoms with Crippen LogP contribution in [0, 0.1) is 5.92 Å². The standard InChI is InChI=1S/C18H24N2O2/c1-22-17-11-12-20(13-17)16-9-7-15(8-10-16)19-18(21)14-5-3-2-4-6-14/h2-3,7-10,14,17H,4-6,11-13H2,1H3,(H,19,21)/t14-,17+/m0/s1. The zero-order valence-electron chi connectivity index (χ0n) is 13.1. The molecule has 0 bridgehead atoms. The van der Waals surface area contributed by atoms with Gasteiger partial charge < -0.3 is 15.0 Å². The summed E-state index contributed by atoms with van der Waals surface area (Å²) in [6, 6.07) is 8.14. The lowest BCUT2D eigenvalue weighted by Crippen LogP contribution is -2.24. The number of allylic oxidation sites excluding steroid dienone is 2. The molecule has 4 heteroatoms. The van der Waals surface area contributed by atoms with Crippen LogP contribution in [0.1, 0.15) is 25.7 Å². The van der Waals surface area contributed by atoms with Crippen LogP contribution in [0.15, 0.2) is 36.4 Å². The van der Waals surface area contributed by atoms with Gasteiger partial charge in [0.05, 0.1) is 6.10 Å². The molecule has 0 unspecified atom stereocenters. The van der Waals surface area contributed by atoms with E-state index in [0.717, 1.165) is 44.5 Å². The lowest BCUT2D eigenvalue weighted by atomic mass is 9.93. The number of hydrogen-bond acceptors (Lipinski definition) is 3. The summed E-state index contributed by atoms with van der Waals surface area (Å²) in [5.41, 5.74) is 2.07. The highest BCUT2D eigenvalue weighted by atomic mass is 16.5. The van der Waals surface area contributed by atoms with Crippen molar-refractivity contribution >= 4 is 17.3 Å². The Hall–Kier alpha value is -1.81. The molecule has 0 aromatic heterocycles. The minimum absolute atomic E-state index is 0.116. The molecule has 2 aliphatic rings. The Morgan fingerprint density at radius 1 is 1.23 bits per heavy atom. The first-order valence-electron chi connectivity index (χ1n) is 8.10. The first-order chi connectivity index (χ1) is 10.8. The third-order valence-electron chi connectivity index (χ3n) is 4.62. The number of benzene rings is 1. The number of rotatable bonds is 4. The third-order valence-corrected chi connectivity index (χ3v) is 4.62. The zero-order valence-corrected chi connectivity index (χ0v) is 13.1. The number of anilines is 2. The first kappa shape index (κ1) is 15.1. The molecule has 1 N–H and O–H groups in total. The van der Waals surface area contributed by atoms with Crippen LogP contribution in [0.5, 0.6) is 0 Å². The Bertz CT molecular complexity index is 539. The van der Waals surface area contributed by atoms with E-state index in [0.29, 0.717) is 6.10 Å². The molecule has 1 saturated heterocycles. The second kappa shape index (κ2) is 6.97. The Morgan fingerprint density at radius 2 is 2.05 bits per heavy atom. The topological polar surface area (TPSA) is 41.6 Å². The fourth-order valence-electron chi connectivity index (χ4n) is 3.19. The molecular formula is C18H24N2O2. The zero-order chi connectivity index (χ0) is 15.4. The van der Waals surface area contributed by atoms with Crippen LogP contribution < -0.4 is 10.2 Å². The van der Waals surface area contributed by atoms with Gasteiger partial charge in [-0.1, -0.05) is 12.2 Å². The van der Waals surface area contributed by atoms with E-state index in [1.165, 1.54) is 5.69 Å². The minimum atomic E-state index is 0.116. The molecule has 0 radical (unpaired) electrons. The second-order valence-corrected chi connectivity index (χ2v) is 6.11. The van der Waals surface area contributed by atoms with Crippen LogP contribution in [0.3, 0.4) is 0 Å². The lowest BCUT2D eigenvalue weighted by Gasteiger charge is -2.20.